The smallest absolute Gasteiger partial charge is 0.335 e. The Labute approximate surface area is 228 Å². The number of ether oxygens (including phenoxy) is 2. The van der Waals surface area contributed by atoms with Crippen molar-refractivity contribution in [2.45, 2.75) is 63.5 Å². The molecule has 1 aliphatic heterocycles. The fourth-order valence-corrected chi connectivity index (χ4v) is 6.51. The quantitative estimate of drug-likeness (QED) is 0.269. The molecule has 0 radical (unpaired) electrons. The van der Waals surface area contributed by atoms with Crippen LogP contribution in [-0.2, 0) is 22.7 Å². The number of rotatable bonds is 6. The number of methoxy groups -OCH3 is 1. The molecule has 39 heavy (non-hydrogen) atoms. The van der Waals surface area contributed by atoms with E-state index in [1.807, 2.05) is 48.5 Å². The van der Waals surface area contributed by atoms with Gasteiger partial charge in [-0.25, -0.2) is 4.79 Å². The molecule has 1 fully saturated rings. The first kappa shape index (κ1) is 25.2. The number of carboxylic acid groups (broad SMARTS) is 1. The molecule has 1 atom stereocenters. The van der Waals surface area contributed by atoms with Crippen molar-refractivity contribution in [2.24, 2.45) is 0 Å². The van der Waals surface area contributed by atoms with Gasteiger partial charge in [-0.2, -0.15) is 0 Å². The minimum absolute atomic E-state index is 0.267. The lowest BCUT2D eigenvalue weighted by Gasteiger charge is -2.24. The Morgan fingerprint density at radius 1 is 0.949 bits per heavy atom. The number of carbonyl (C=O) groups excluding carboxylic acids is 1. The van der Waals surface area contributed by atoms with Crippen LogP contribution in [0.4, 0.5) is 0 Å². The Morgan fingerprint density at radius 2 is 1.74 bits per heavy atom. The summed E-state index contributed by atoms with van der Waals surface area (Å²) < 4.78 is 13.7. The molecule has 0 spiro atoms. The van der Waals surface area contributed by atoms with Crippen LogP contribution in [0, 0.1) is 0 Å². The van der Waals surface area contributed by atoms with Gasteiger partial charge in [0.1, 0.15) is 12.4 Å². The van der Waals surface area contributed by atoms with Crippen molar-refractivity contribution in [3.05, 3.63) is 89.0 Å². The number of aromatic carboxylic acids is 1. The first-order valence-corrected chi connectivity index (χ1v) is 13.8. The summed E-state index contributed by atoms with van der Waals surface area (Å²) in [6, 6.07) is 21.6. The molecule has 200 valence electrons. The van der Waals surface area contributed by atoms with Crippen LogP contribution in [0.25, 0.3) is 22.2 Å². The van der Waals surface area contributed by atoms with Crippen molar-refractivity contribution >= 4 is 22.8 Å². The Hall–Kier alpha value is -4.06. The molecular formula is C33H33NO5. The summed E-state index contributed by atoms with van der Waals surface area (Å²) in [6.45, 7) is 1.03. The number of carbonyl (C=O) groups is 2. The lowest BCUT2D eigenvalue weighted by atomic mass is 9.80. The van der Waals surface area contributed by atoms with Crippen LogP contribution in [-0.4, -0.2) is 28.7 Å². The predicted molar refractivity (Wildman–Crippen MR) is 150 cm³/mol. The number of hydrogen-bond donors (Lipinski definition) is 1. The van der Waals surface area contributed by atoms with Gasteiger partial charge in [-0.3, -0.25) is 4.79 Å². The second-order valence-corrected chi connectivity index (χ2v) is 10.7. The third-order valence-electron chi connectivity index (χ3n) is 8.39. The van der Waals surface area contributed by atoms with Gasteiger partial charge in [0.05, 0.1) is 24.3 Å². The van der Waals surface area contributed by atoms with Crippen LogP contribution in [0.1, 0.15) is 77.4 Å². The zero-order valence-corrected chi connectivity index (χ0v) is 22.2. The van der Waals surface area contributed by atoms with Crippen molar-refractivity contribution < 1.29 is 24.2 Å². The Kier molecular flexibility index (Phi) is 6.86. The molecule has 1 saturated carbocycles. The maximum atomic E-state index is 13.1. The normalized spacial score (nSPS) is 17.2. The molecular weight excluding hydrogens is 490 g/mol. The van der Waals surface area contributed by atoms with Gasteiger partial charge < -0.3 is 19.1 Å². The summed E-state index contributed by atoms with van der Waals surface area (Å²) in [5.74, 6) is -0.541. The van der Waals surface area contributed by atoms with Crippen molar-refractivity contribution in [1.29, 1.82) is 0 Å². The second-order valence-electron chi connectivity index (χ2n) is 10.7. The minimum atomic E-state index is -0.937. The molecule has 2 heterocycles. The molecule has 6 heteroatoms. The highest BCUT2D eigenvalue weighted by atomic mass is 16.5. The second kappa shape index (κ2) is 10.6. The van der Waals surface area contributed by atoms with E-state index in [0.29, 0.717) is 31.2 Å². The largest absolute Gasteiger partial charge is 0.489 e. The number of fused-ring (bicyclic) bond motifs is 5. The van der Waals surface area contributed by atoms with Crippen molar-refractivity contribution in [2.75, 3.05) is 7.11 Å². The predicted octanol–water partition coefficient (Wildman–Crippen LogP) is 7.29. The van der Waals surface area contributed by atoms with Gasteiger partial charge in [-0.1, -0.05) is 55.7 Å². The van der Waals surface area contributed by atoms with Gasteiger partial charge in [-0.15, -0.1) is 0 Å². The molecule has 6 rings (SSSR count). The summed E-state index contributed by atoms with van der Waals surface area (Å²) >= 11 is 0. The highest BCUT2D eigenvalue weighted by Crippen LogP contribution is 2.48. The summed E-state index contributed by atoms with van der Waals surface area (Å²) in [6.07, 6.45) is 6.40. The maximum absolute atomic E-state index is 13.1. The molecule has 3 aromatic carbocycles. The van der Waals surface area contributed by atoms with Crippen molar-refractivity contribution in [1.82, 2.24) is 4.57 Å². The van der Waals surface area contributed by atoms with E-state index >= 15 is 0 Å². The summed E-state index contributed by atoms with van der Waals surface area (Å²) in [4.78, 5) is 25.0. The van der Waals surface area contributed by atoms with Crippen LogP contribution in [0.15, 0.2) is 66.7 Å². The minimum Gasteiger partial charge on any atom is -0.489 e. The van der Waals surface area contributed by atoms with Gasteiger partial charge in [0.15, 0.2) is 0 Å². The molecule has 0 amide bonds. The van der Waals surface area contributed by atoms with Crippen LogP contribution in [0.5, 0.6) is 5.75 Å². The maximum Gasteiger partial charge on any atom is 0.335 e. The zero-order chi connectivity index (χ0) is 26.9. The SMILES string of the molecule is COC(=O)C1CCn2c(c(C3CCCCC3)c3ccc(C(=O)O)cc32)-c2ccc(OCc3ccccc3)cc21. The average molecular weight is 524 g/mol. The first-order chi connectivity index (χ1) is 19.0. The van der Waals surface area contributed by atoms with E-state index in [-0.39, 0.29) is 11.5 Å². The van der Waals surface area contributed by atoms with Crippen LogP contribution in [0.2, 0.25) is 0 Å². The zero-order valence-electron chi connectivity index (χ0n) is 22.2. The number of nitrogens with zero attached hydrogens (tertiary/aromatic N) is 1. The van der Waals surface area contributed by atoms with E-state index < -0.39 is 11.9 Å². The first-order valence-electron chi connectivity index (χ1n) is 13.8. The molecule has 4 aromatic rings. The Morgan fingerprint density at radius 3 is 2.49 bits per heavy atom. The third-order valence-corrected chi connectivity index (χ3v) is 8.39. The highest BCUT2D eigenvalue weighted by molar-refractivity contribution is 5.99. The topological polar surface area (TPSA) is 77.8 Å². The van der Waals surface area contributed by atoms with E-state index in [1.165, 1.54) is 31.9 Å². The number of benzene rings is 3. The monoisotopic (exact) mass is 523 g/mol. The van der Waals surface area contributed by atoms with E-state index in [0.717, 1.165) is 46.1 Å². The molecule has 2 aliphatic rings. The van der Waals surface area contributed by atoms with E-state index in [1.54, 1.807) is 12.1 Å². The molecule has 1 aliphatic carbocycles. The van der Waals surface area contributed by atoms with Gasteiger partial charge in [0.25, 0.3) is 0 Å². The summed E-state index contributed by atoms with van der Waals surface area (Å²) in [7, 11) is 1.44. The average Bonchev–Trinajstić information content (AvgIpc) is 3.20. The third kappa shape index (κ3) is 4.69. The lowest BCUT2D eigenvalue weighted by Crippen LogP contribution is -2.15. The molecule has 0 saturated heterocycles. The van der Waals surface area contributed by atoms with Gasteiger partial charge in [-0.05, 0) is 72.2 Å². The summed E-state index contributed by atoms with van der Waals surface area (Å²) in [5.41, 5.74) is 6.57. The van der Waals surface area contributed by atoms with Gasteiger partial charge >= 0.3 is 11.9 Å². The van der Waals surface area contributed by atoms with Gasteiger partial charge in [0.2, 0.25) is 0 Å². The number of carboxylic acids is 1. The fourth-order valence-electron chi connectivity index (χ4n) is 6.51. The number of aromatic nitrogens is 1. The van der Waals surface area contributed by atoms with Crippen LogP contribution < -0.4 is 4.74 Å². The highest BCUT2D eigenvalue weighted by Gasteiger charge is 2.34. The number of aryl methyl sites for hydroxylation is 1. The molecule has 6 nitrogen and oxygen atoms in total. The van der Waals surface area contributed by atoms with E-state index in [2.05, 4.69) is 10.6 Å². The van der Waals surface area contributed by atoms with Gasteiger partial charge in [0, 0.05) is 23.0 Å². The number of esters is 1. The molecule has 0 bridgehead atoms. The molecule has 1 aromatic heterocycles. The lowest BCUT2D eigenvalue weighted by molar-refractivity contribution is -0.142. The van der Waals surface area contributed by atoms with Crippen molar-refractivity contribution in [3.63, 3.8) is 0 Å². The van der Waals surface area contributed by atoms with Crippen molar-refractivity contribution in [3.8, 4) is 17.0 Å². The molecule has 1 N–H and O–H groups in total. The molecule has 1 unspecified atom stereocenters. The van der Waals surface area contributed by atoms with E-state index in [4.69, 9.17) is 9.47 Å². The van der Waals surface area contributed by atoms with Crippen LogP contribution >= 0.6 is 0 Å². The Balaban J connectivity index is 1.53. The summed E-state index contributed by atoms with van der Waals surface area (Å²) in [5, 5.41) is 10.9. The standard InChI is InChI=1S/C33H33NO5/c1-38-33(37)26-16-17-34-29-18-23(32(35)36)12-14-27(29)30(22-10-6-3-7-11-22)31(34)25-15-13-24(19-28(25)26)39-20-21-8-4-2-5-9-21/h2,4-5,8-9,12-15,18-19,22,26H,3,6-7,10-11,16-17,20H2,1H3,(H,35,36). The van der Waals surface area contributed by atoms with Crippen LogP contribution in [0.3, 0.4) is 0 Å². The fraction of sp³-hybridized carbons (Fsp3) is 0.333. The number of hydrogen-bond acceptors (Lipinski definition) is 4. The Bertz CT molecular complexity index is 1530. The van der Waals surface area contributed by atoms with E-state index in [9.17, 15) is 14.7 Å².